The van der Waals surface area contributed by atoms with Crippen LogP contribution >= 0.6 is 12.2 Å². The molecule has 0 aromatic carbocycles. The normalized spacial score (nSPS) is 18.9. The van der Waals surface area contributed by atoms with Crippen LogP contribution in [0.4, 0.5) is 0 Å². The van der Waals surface area contributed by atoms with Crippen molar-refractivity contribution in [1.29, 1.82) is 0 Å². The second-order valence-corrected chi connectivity index (χ2v) is 6.81. The SMILES string of the molecule is Cn1cnc(S(=O)(=O)N2CCC(C(N)=S)CC2)c1. The predicted octanol–water partition coefficient (Wildman–Crippen LogP) is 0.107. The summed E-state index contributed by atoms with van der Waals surface area (Å²) < 4.78 is 27.6. The number of nitrogens with zero attached hydrogens (tertiary/aromatic N) is 3. The number of imidazole rings is 1. The maximum absolute atomic E-state index is 12.3. The third-order valence-electron chi connectivity index (χ3n) is 3.14. The Hall–Kier alpha value is -0.990. The van der Waals surface area contributed by atoms with Crippen LogP contribution in [0.2, 0.25) is 0 Å². The lowest BCUT2D eigenvalue weighted by atomic mass is 9.98. The van der Waals surface area contributed by atoms with Gasteiger partial charge in [0.15, 0.2) is 5.03 Å². The van der Waals surface area contributed by atoms with Crippen LogP contribution in [-0.4, -0.2) is 40.4 Å². The summed E-state index contributed by atoms with van der Waals surface area (Å²) in [5.41, 5.74) is 5.58. The van der Waals surface area contributed by atoms with Crippen LogP contribution in [0.25, 0.3) is 0 Å². The van der Waals surface area contributed by atoms with E-state index < -0.39 is 10.0 Å². The van der Waals surface area contributed by atoms with Gasteiger partial charge in [0.1, 0.15) is 0 Å². The van der Waals surface area contributed by atoms with Crippen molar-refractivity contribution in [2.24, 2.45) is 18.7 Å². The molecular weight excluding hydrogens is 272 g/mol. The van der Waals surface area contributed by atoms with E-state index in [1.165, 1.54) is 16.8 Å². The molecule has 2 heterocycles. The van der Waals surface area contributed by atoms with Gasteiger partial charge < -0.3 is 10.3 Å². The summed E-state index contributed by atoms with van der Waals surface area (Å²) >= 11 is 4.94. The molecule has 1 aliphatic heterocycles. The number of piperidine rings is 1. The molecule has 1 aliphatic rings. The van der Waals surface area contributed by atoms with Crippen LogP contribution in [0, 0.1) is 5.92 Å². The van der Waals surface area contributed by atoms with Gasteiger partial charge in [0, 0.05) is 32.3 Å². The molecule has 1 aromatic rings. The van der Waals surface area contributed by atoms with Crippen LogP contribution < -0.4 is 5.73 Å². The van der Waals surface area contributed by atoms with Crippen molar-refractivity contribution in [2.75, 3.05) is 13.1 Å². The zero-order chi connectivity index (χ0) is 13.3. The maximum Gasteiger partial charge on any atom is 0.262 e. The summed E-state index contributed by atoms with van der Waals surface area (Å²) in [6.07, 6.45) is 4.35. The van der Waals surface area contributed by atoms with Crippen LogP contribution in [0.1, 0.15) is 12.8 Å². The number of aryl methyl sites for hydroxylation is 1. The first-order valence-electron chi connectivity index (χ1n) is 5.68. The van der Waals surface area contributed by atoms with Gasteiger partial charge in [-0.25, -0.2) is 13.4 Å². The fraction of sp³-hybridized carbons (Fsp3) is 0.600. The molecule has 0 unspecified atom stereocenters. The Morgan fingerprint density at radius 1 is 1.50 bits per heavy atom. The molecule has 2 N–H and O–H groups in total. The Morgan fingerprint density at radius 3 is 2.56 bits per heavy atom. The van der Waals surface area contributed by atoms with Crippen LogP contribution in [0.3, 0.4) is 0 Å². The molecule has 1 saturated heterocycles. The van der Waals surface area contributed by atoms with Crippen molar-refractivity contribution in [3.8, 4) is 0 Å². The van der Waals surface area contributed by atoms with Crippen LogP contribution in [0.15, 0.2) is 17.6 Å². The second kappa shape index (κ2) is 4.94. The zero-order valence-electron chi connectivity index (χ0n) is 10.1. The smallest absolute Gasteiger partial charge is 0.262 e. The van der Waals surface area contributed by atoms with E-state index in [1.54, 1.807) is 11.6 Å². The largest absolute Gasteiger partial charge is 0.393 e. The first kappa shape index (κ1) is 13.4. The summed E-state index contributed by atoms with van der Waals surface area (Å²) in [6.45, 7) is 0.891. The minimum Gasteiger partial charge on any atom is -0.393 e. The van der Waals surface area contributed by atoms with Gasteiger partial charge in [-0.15, -0.1) is 0 Å². The van der Waals surface area contributed by atoms with Crippen LogP contribution in [-0.2, 0) is 17.1 Å². The van der Waals surface area contributed by atoms with E-state index in [9.17, 15) is 8.42 Å². The first-order valence-corrected chi connectivity index (χ1v) is 7.53. The molecule has 0 atom stereocenters. The van der Waals surface area contributed by atoms with E-state index >= 15 is 0 Å². The Bertz CT molecular complexity index is 544. The highest BCUT2D eigenvalue weighted by Crippen LogP contribution is 2.22. The quantitative estimate of drug-likeness (QED) is 0.798. The molecule has 6 nitrogen and oxygen atoms in total. The molecule has 1 fully saturated rings. The molecule has 0 spiro atoms. The van der Waals surface area contributed by atoms with Gasteiger partial charge in [0.25, 0.3) is 10.0 Å². The Morgan fingerprint density at radius 2 is 2.11 bits per heavy atom. The zero-order valence-corrected chi connectivity index (χ0v) is 11.7. The van der Waals surface area contributed by atoms with Crippen molar-refractivity contribution in [1.82, 2.24) is 13.9 Å². The highest BCUT2D eigenvalue weighted by molar-refractivity contribution is 7.89. The van der Waals surface area contributed by atoms with E-state index in [1.807, 2.05) is 0 Å². The monoisotopic (exact) mass is 288 g/mol. The number of sulfonamides is 1. The number of hydrogen-bond acceptors (Lipinski definition) is 4. The van der Waals surface area contributed by atoms with E-state index in [2.05, 4.69) is 4.98 Å². The molecule has 2 rings (SSSR count). The van der Waals surface area contributed by atoms with E-state index in [0.29, 0.717) is 30.9 Å². The molecule has 0 aliphatic carbocycles. The van der Waals surface area contributed by atoms with Crippen LogP contribution in [0.5, 0.6) is 0 Å². The average Bonchev–Trinajstić information content (AvgIpc) is 2.76. The third kappa shape index (κ3) is 2.55. The molecular formula is C10H16N4O2S2. The van der Waals surface area contributed by atoms with Crippen molar-refractivity contribution >= 4 is 27.2 Å². The molecule has 18 heavy (non-hydrogen) atoms. The summed E-state index contributed by atoms with van der Waals surface area (Å²) in [5, 5.41) is 0.0961. The van der Waals surface area contributed by atoms with Gasteiger partial charge >= 0.3 is 0 Å². The molecule has 0 saturated carbocycles. The summed E-state index contributed by atoms with van der Waals surface area (Å²) in [4.78, 5) is 4.38. The lowest BCUT2D eigenvalue weighted by molar-refractivity contribution is 0.316. The molecule has 1 aromatic heterocycles. The first-order chi connectivity index (χ1) is 8.41. The number of rotatable bonds is 3. The number of thiocarbonyl (C=S) groups is 1. The molecule has 0 amide bonds. The van der Waals surface area contributed by atoms with E-state index in [-0.39, 0.29) is 10.9 Å². The number of nitrogens with two attached hydrogens (primary N) is 1. The fourth-order valence-corrected chi connectivity index (χ4v) is 3.71. The molecule has 0 bridgehead atoms. The molecule has 8 heteroatoms. The fourth-order valence-electron chi connectivity index (χ4n) is 2.03. The highest BCUT2D eigenvalue weighted by atomic mass is 32.2. The van der Waals surface area contributed by atoms with E-state index in [4.69, 9.17) is 18.0 Å². The Balaban J connectivity index is 2.12. The minimum absolute atomic E-state index is 0.0961. The molecule has 0 radical (unpaired) electrons. The Kier molecular flexibility index (Phi) is 3.69. The van der Waals surface area contributed by atoms with Crippen molar-refractivity contribution in [2.45, 2.75) is 17.9 Å². The minimum atomic E-state index is -3.47. The van der Waals surface area contributed by atoms with Gasteiger partial charge in [0.05, 0.1) is 11.3 Å². The van der Waals surface area contributed by atoms with Crippen molar-refractivity contribution in [3.05, 3.63) is 12.5 Å². The van der Waals surface area contributed by atoms with Gasteiger partial charge in [-0.3, -0.25) is 0 Å². The van der Waals surface area contributed by atoms with Gasteiger partial charge in [0.2, 0.25) is 0 Å². The van der Waals surface area contributed by atoms with Gasteiger partial charge in [-0.05, 0) is 12.8 Å². The second-order valence-electron chi connectivity index (χ2n) is 4.46. The Labute approximate surface area is 112 Å². The average molecular weight is 288 g/mol. The lowest BCUT2D eigenvalue weighted by Crippen LogP contribution is -2.41. The third-order valence-corrected chi connectivity index (χ3v) is 5.26. The highest BCUT2D eigenvalue weighted by Gasteiger charge is 2.31. The number of aromatic nitrogens is 2. The maximum atomic E-state index is 12.3. The summed E-state index contributed by atoms with van der Waals surface area (Å²) in [5.74, 6) is 0.148. The number of hydrogen-bond donors (Lipinski definition) is 1. The summed E-state index contributed by atoms with van der Waals surface area (Å²) in [6, 6.07) is 0. The standard InChI is InChI=1S/C10H16N4O2S2/c1-13-6-9(12-7-13)18(15,16)14-4-2-8(3-5-14)10(11)17/h6-8H,2-5H2,1H3,(H2,11,17). The summed E-state index contributed by atoms with van der Waals surface area (Å²) in [7, 11) is -1.73. The van der Waals surface area contributed by atoms with Crippen molar-refractivity contribution < 1.29 is 8.42 Å². The van der Waals surface area contributed by atoms with Gasteiger partial charge in [-0.2, -0.15) is 4.31 Å². The molecule has 100 valence electrons. The van der Waals surface area contributed by atoms with E-state index in [0.717, 1.165) is 0 Å². The topological polar surface area (TPSA) is 81.2 Å². The van der Waals surface area contributed by atoms with Crippen molar-refractivity contribution in [3.63, 3.8) is 0 Å². The predicted molar refractivity (Wildman–Crippen MR) is 71.5 cm³/mol. The lowest BCUT2D eigenvalue weighted by Gasteiger charge is -2.29. The van der Waals surface area contributed by atoms with Gasteiger partial charge in [-0.1, -0.05) is 12.2 Å².